The predicted octanol–water partition coefficient (Wildman–Crippen LogP) is 2.19. The highest BCUT2D eigenvalue weighted by atomic mass is 16.3. The van der Waals surface area contributed by atoms with Crippen molar-refractivity contribution in [2.75, 3.05) is 25.0 Å². The lowest BCUT2D eigenvalue weighted by Gasteiger charge is -2.27. The number of carbonyl (C=O) groups excluding carboxylic acids is 2. The van der Waals surface area contributed by atoms with Gasteiger partial charge < -0.3 is 20.2 Å². The van der Waals surface area contributed by atoms with Gasteiger partial charge >= 0.3 is 6.03 Å². The van der Waals surface area contributed by atoms with Crippen molar-refractivity contribution < 1.29 is 14.7 Å². The largest absolute Gasteiger partial charge is 0.394 e. The fourth-order valence-electron chi connectivity index (χ4n) is 3.48. The van der Waals surface area contributed by atoms with Crippen molar-refractivity contribution in [2.24, 2.45) is 0 Å². The highest BCUT2D eigenvalue weighted by Gasteiger charge is 2.28. The normalized spacial score (nSPS) is 21.2. The number of amides is 3. The number of anilines is 1. The van der Waals surface area contributed by atoms with Gasteiger partial charge in [0.25, 0.3) is 0 Å². The van der Waals surface area contributed by atoms with Crippen LogP contribution in [-0.2, 0) is 11.3 Å². The molecule has 2 aliphatic rings. The Labute approximate surface area is 142 Å². The molecule has 0 aliphatic carbocycles. The number of nitrogens with one attached hydrogen (secondary N) is 1. The van der Waals surface area contributed by atoms with E-state index in [9.17, 15) is 14.7 Å². The molecule has 2 heterocycles. The maximum atomic E-state index is 12.4. The molecular weight excluding hydrogens is 306 g/mol. The summed E-state index contributed by atoms with van der Waals surface area (Å²) in [5, 5.41) is 12.3. The van der Waals surface area contributed by atoms with Gasteiger partial charge in [-0.1, -0.05) is 12.1 Å². The molecule has 6 nitrogen and oxygen atoms in total. The van der Waals surface area contributed by atoms with E-state index in [2.05, 4.69) is 5.32 Å². The molecule has 2 saturated heterocycles. The van der Waals surface area contributed by atoms with Crippen LogP contribution in [0.1, 0.15) is 37.7 Å². The second-order valence-corrected chi connectivity index (χ2v) is 6.57. The van der Waals surface area contributed by atoms with Gasteiger partial charge in [-0.3, -0.25) is 4.79 Å². The Morgan fingerprint density at radius 3 is 2.92 bits per heavy atom. The fourth-order valence-corrected chi connectivity index (χ4v) is 3.48. The topological polar surface area (TPSA) is 72.9 Å². The Bertz CT molecular complexity index is 605. The van der Waals surface area contributed by atoms with Crippen LogP contribution in [0.3, 0.4) is 0 Å². The number of nitrogens with zero attached hydrogens (tertiary/aromatic N) is 2. The Balaban J connectivity index is 1.62. The van der Waals surface area contributed by atoms with Crippen LogP contribution < -0.4 is 5.32 Å². The van der Waals surface area contributed by atoms with Crippen molar-refractivity contribution in [3.05, 3.63) is 29.8 Å². The van der Waals surface area contributed by atoms with Gasteiger partial charge in [0.1, 0.15) is 0 Å². The van der Waals surface area contributed by atoms with E-state index >= 15 is 0 Å². The first-order valence-corrected chi connectivity index (χ1v) is 8.72. The summed E-state index contributed by atoms with van der Waals surface area (Å²) in [7, 11) is 0. The number of carbonyl (C=O) groups is 2. The van der Waals surface area contributed by atoms with Gasteiger partial charge in [-0.2, -0.15) is 0 Å². The van der Waals surface area contributed by atoms with E-state index in [1.54, 1.807) is 4.90 Å². The number of likely N-dealkylation sites (tertiary alicyclic amines) is 2. The molecule has 2 N–H and O–H groups in total. The zero-order chi connectivity index (χ0) is 16.9. The van der Waals surface area contributed by atoms with Crippen LogP contribution in [0.25, 0.3) is 0 Å². The molecule has 0 aromatic heterocycles. The smallest absolute Gasteiger partial charge is 0.322 e. The van der Waals surface area contributed by atoms with Crippen LogP contribution >= 0.6 is 0 Å². The van der Waals surface area contributed by atoms with Gasteiger partial charge in [0.05, 0.1) is 12.6 Å². The second kappa shape index (κ2) is 7.66. The lowest BCUT2D eigenvalue weighted by atomic mass is 10.1. The maximum Gasteiger partial charge on any atom is 0.322 e. The molecule has 0 saturated carbocycles. The molecule has 0 radical (unpaired) electrons. The molecule has 130 valence electrons. The Kier molecular flexibility index (Phi) is 5.35. The van der Waals surface area contributed by atoms with Gasteiger partial charge in [0.2, 0.25) is 5.91 Å². The minimum absolute atomic E-state index is 0.00450. The number of benzene rings is 1. The van der Waals surface area contributed by atoms with Crippen molar-refractivity contribution in [2.45, 2.75) is 44.7 Å². The number of piperidine rings is 1. The molecule has 0 bridgehead atoms. The van der Waals surface area contributed by atoms with Crippen molar-refractivity contribution >= 4 is 17.6 Å². The summed E-state index contributed by atoms with van der Waals surface area (Å²) in [6.45, 7) is 2.08. The van der Waals surface area contributed by atoms with Crippen molar-refractivity contribution in [3.63, 3.8) is 0 Å². The quantitative estimate of drug-likeness (QED) is 0.888. The van der Waals surface area contributed by atoms with E-state index in [0.717, 1.165) is 43.5 Å². The molecular formula is C18H25N3O3. The number of hydrogen-bond acceptors (Lipinski definition) is 3. The van der Waals surface area contributed by atoms with E-state index in [4.69, 9.17) is 0 Å². The minimum atomic E-state index is -0.169. The van der Waals surface area contributed by atoms with Crippen molar-refractivity contribution in [1.82, 2.24) is 9.80 Å². The number of hydrogen-bond donors (Lipinski definition) is 2. The molecule has 3 rings (SSSR count). The van der Waals surface area contributed by atoms with E-state index in [0.29, 0.717) is 19.5 Å². The van der Waals surface area contributed by atoms with Crippen LogP contribution in [0.2, 0.25) is 0 Å². The van der Waals surface area contributed by atoms with Crippen LogP contribution in [-0.4, -0.2) is 52.6 Å². The van der Waals surface area contributed by atoms with Crippen molar-refractivity contribution in [1.29, 1.82) is 0 Å². The molecule has 6 heteroatoms. The van der Waals surface area contributed by atoms with E-state index < -0.39 is 0 Å². The molecule has 24 heavy (non-hydrogen) atoms. The van der Waals surface area contributed by atoms with Gasteiger partial charge in [-0.25, -0.2) is 4.79 Å². The Morgan fingerprint density at radius 2 is 2.12 bits per heavy atom. The van der Waals surface area contributed by atoms with Gasteiger partial charge in [-0.05, 0) is 43.4 Å². The van der Waals surface area contributed by atoms with Gasteiger partial charge in [0, 0.05) is 31.7 Å². The third-order valence-electron chi connectivity index (χ3n) is 4.82. The minimum Gasteiger partial charge on any atom is -0.394 e. The summed E-state index contributed by atoms with van der Waals surface area (Å²) in [4.78, 5) is 27.9. The maximum absolute atomic E-state index is 12.4. The fraction of sp³-hybridized carbons (Fsp3) is 0.556. The zero-order valence-corrected chi connectivity index (χ0v) is 13.9. The number of aliphatic hydroxyl groups excluding tert-OH is 1. The second-order valence-electron chi connectivity index (χ2n) is 6.57. The molecule has 0 spiro atoms. The average molecular weight is 331 g/mol. The first-order valence-electron chi connectivity index (χ1n) is 8.72. The molecule has 0 unspecified atom stereocenters. The summed E-state index contributed by atoms with van der Waals surface area (Å²) >= 11 is 0. The van der Waals surface area contributed by atoms with Gasteiger partial charge in [0.15, 0.2) is 0 Å². The SMILES string of the molecule is O=C1CCCCN1Cc1cccc(NC(=O)N2CCC[C@H]2CO)c1. The Hall–Kier alpha value is -2.08. The monoisotopic (exact) mass is 331 g/mol. The number of aliphatic hydroxyl groups is 1. The van der Waals surface area contributed by atoms with E-state index in [-0.39, 0.29) is 24.6 Å². The third kappa shape index (κ3) is 3.87. The van der Waals surface area contributed by atoms with Crippen LogP contribution in [0.5, 0.6) is 0 Å². The summed E-state index contributed by atoms with van der Waals surface area (Å²) < 4.78 is 0. The lowest BCUT2D eigenvalue weighted by molar-refractivity contribution is -0.133. The molecule has 2 aliphatic heterocycles. The average Bonchev–Trinajstić information content (AvgIpc) is 3.06. The Morgan fingerprint density at radius 1 is 1.25 bits per heavy atom. The predicted molar refractivity (Wildman–Crippen MR) is 91.5 cm³/mol. The van der Waals surface area contributed by atoms with E-state index in [1.807, 2.05) is 29.2 Å². The molecule has 3 amide bonds. The zero-order valence-electron chi connectivity index (χ0n) is 13.9. The van der Waals surface area contributed by atoms with Crippen LogP contribution in [0, 0.1) is 0 Å². The highest BCUT2D eigenvalue weighted by molar-refractivity contribution is 5.89. The van der Waals surface area contributed by atoms with Crippen LogP contribution in [0.15, 0.2) is 24.3 Å². The summed E-state index contributed by atoms with van der Waals surface area (Å²) in [6, 6.07) is 7.39. The van der Waals surface area contributed by atoms with E-state index in [1.165, 1.54) is 0 Å². The highest BCUT2D eigenvalue weighted by Crippen LogP contribution is 2.20. The first kappa shape index (κ1) is 16.8. The lowest BCUT2D eigenvalue weighted by Crippen LogP contribution is -2.40. The first-order chi connectivity index (χ1) is 11.7. The number of urea groups is 1. The van der Waals surface area contributed by atoms with Crippen molar-refractivity contribution in [3.8, 4) is 0 Å². The summed E-state index contributed by atoms with van der Waals surface area (Å²) in [5.41, 5.74) is 1.74. The number of rotatable bonds is 4. The molecule has 2 fully saturated rings. The molecule has 1 atom stereocenters. The molecule has 1 aromatic rings. The summed E-state index contributed by atoms with van der Waals surface area (Å²) in [6.07, 6.45) is 4.44. The molecule has 1 aromatic carbocycles. The standard InChI is InChI=1S/C18H25N3O3/c22-13-16-7-4-10-21(16)18(24)19-15-6-3-5-14(11-15)12-20-9-2-1-8-17(20)23/h3,5-6,11,16,22H,1-2,4,7-10,12-13H2,(H,19,24)/t16-/m0/s1. The third-order valence-corrected chi connectivity index (χ3v) is 4.82. The summed E-state index contributed by atoms with van der Waals surface area (Å²) in [5.74, 6) is 0.207. The van der Waals surface area contributed by atoms with Crippen LogP contribution in [0.4, 0.5) is 10.5 Å². The van der Waals surface area contributed by atoms with Gasteiger partial charge in [-0.15, -0.1) is 0 Å².